The largest absolute Gasteiger partial charge is 0.481 e. The molecule has 0 saturated carbocycles. The first-order valence-corrected chi connectivity index (χ1v) is 9.56. The van der Waals surface area contributed by atoms with Gasteiger partial charge in [-0.3, -0.25) is 4.79 Å². The molecule has 4 rings (SSSR count). The molecule has 0 aromatic carbocycles. The fourth-order valence-corrected chi connectivity index (χ4v) is 5.07. The summed E-state index contributed by atoms with van der Waals surface area (Å²) in [5.74, 6) is 0.169. The van der Waals surface area contributed by atoms with Crippen LogP contribution in [0.5, 0.6) is 0 Å². The number of piperidine rings is 2. The quantitative estimate of drug-likeness (QED) is 0.885. The Labute approximate surface area is 149 Å². The first-order valence-electron chi connectivity index (χ1n) is 9.56. The number of nitrogens with zero attached hydrogens (tertiary/aromatic N) is 4. The number of aryl methyl sites for hydroxylation is 2. The highest BCUT2D eigenvalue weighted by Gasteiger charge is 2.52. The van der Waals surface area contributed by atoms with E-state index in [9.17, 15) is 9.90 Å². The Morgan fingerprint density at radius 2 is 1.96 bits per heavy atom. The molecule has 3 aliphatic rings. The molecule has 2 fully saturated rings. The van der Waals surface area contributed by atoms with E-state index in [1.54, 1.807) is 0 Å². The Balaban J connectivity index is 1.63. The van der Waals surface area contributed by atoms with Crippen LogP contribution in [0.3, 0.4) is 0 Å². The van der Waals surface area contributed by atoms with Crippen molar-refractivity contribution >= 4 is 11.9 Å². The fraction of sp³-hybridized carbons (Fsp3) is 0.737. The Morgan fingerprint density at radius 3 is 2.76 bits per heavy atom. The molecule has 2 saturated heterocycles. The summed E-state index contributed by atoms with van der Waals surface area (Å²) in [7, 11) is 2.06. The SMILES string of the molecule is Cc1nc(N2CC[C@@]3(C(=O)O)CCCN(C)[C@@H]3C2)nc2c1CCCC2. The Bertz CT molecular complexity index is 692. The van der Waals surface area contributed by atoms with Crippen molar-refractivity contribution in [3.8, 4) is 0 Å². The van der Waals surface area contributed by atoms with Crippen LogP contribution in [0, 0.1) is 12.3 Å². The smallest absolute Gasteiger partial charge is 0.311 e. The molecule has 1 aliphatic carbocycles. The molecule has 1 aromatic rings. The molecule has 0 amide bonds. The molecule has 2 atom stereocenters. The van der Waals surface area contributed by atoms with E-state index in [2.05, 4.69) is 23.8 Å². The van der Waals surface area contributed by atoms with E-state index >= 15 is 0 Å². The van der Waals surface area contributed by atoms with Crippen molar-refractivity contribution in [1.29, 1.82) is 0 Å². The number of anilines is 1. The lowest BCUT2D eigenvalue weighted by Gasteiger charge is -2.51. The average Bonchev–Trinajstić information content (AvgIpc) is 2.61. The van der Waals surface area contributed by atoms with Crippen LogP contribution in [-0.2, 0) is 17.6 Å². The summed E-state index contributed by atoms with van der Waals surface area (Å²) in [6, 6.07) is 0.0347. The van der Waals surface area contributed by atoms with Crippen LogP contribution in [0.15, 0.2) is 0 Å². The van der Waals surface area contributed by atoms with Gasteiger partial charge in [0, 0.05) is 30.5 Å². The van der Waals surface area contributed by atoms with Gasteiger partial charge in [-0.25, -0.2) is 9.97 Å². The molecule has 25 heavy (non-hydrogen) atoms. The molecule has 1 aromatic heterocycles. The minimum absolute atomic E-state index is 0.0347. The number of likely N-dealkylation sites (N-methyl/N-ethyl adjacent to an activating group) is 1. The zero-order valence-electron chi connectivity index (χ0n) is 15.3. The van der Waals surface area contributed by atoms with Gasteiger partial charge < -0.3 is 14.9 Å². The highest BCUT2D eigenvalue weighted by Crippen LogP contribution is 2.43. The van der Waals surface area contributed by atoms with Crippen molar-refractivity contribution in [3.63, 3.8) is 0 Å². The van der Waals surface area contributed by atoms with Crippen LogP contribution in [0.25, 0.3) is 0 Å². The van der Waals surface area contributed by atoms with Crippen molar-refractivity contribution in [2.45, 2.75) is 57.9 Å². The number of carbonyl (C=O) groups is 1. The Kier molecular flexibility index (Phi) is 4.18. The number of aromatic nitrogens is 2. The molecule has 1 N–H and O–H groups in total. The summed E-state index contributed by atoms with van der Waals surface area (Å²) in [4.78, 5) is 26.2. The molecule has 6 nitrogen and oxygen atoms in total. The minimum atomic E-state index is -0.633. The van der Waals surface area contributed by atoms with E-state index in [0.717, 1.165) is 50.4 Å². The predicted molar refractivity (Wildman–Crippen MR) is 96.0 cm³/mol. The molecule has 136 valence electrons. The van der Waals surface area contributed by atoms with Gasteiger partial charge in [-0.2, -0.15) is 0 Å². The van der Waals surface area contributed by atoms with Gasteiger partial charge in [0.25, 0.3) is 0 Å². The van der Waals surface area contributed by atoms with E-state index in [1.165, 1.54) is 24.1 Å². The summed E-state index contributed by atoms with van der Waals surface area (Å²) in [5.41, 5.74) is 3.04. The van der Waals surface area contributed by atoms with E-state index < -0.39 is 11.4 Å². The first-order chi connectivity index (χ1) is 12.0. The third-order valence-corrected chi connectivity index (χ3v) is 6.61. The second-order valence-corrected chi connectivity index (χ2v) is 8.00. The molecule has 0 spiro atoms. The van der Waals surface area contributed by atoms with E-state index in [-0.39, 0.29) is 6.04 Å². The van der Waals surface area contributed by atoms with Crippen LogP contribution in [-0.4, -0.2) is 58.7 Å². The van der Waals surface area contributed by atoms with Gasteiger partial charge in [-0.05, 0) is 71.0 Å². The predicted octanol–water partition coefficient (Wildman–Crippen LogP) is 2.04. The number of likely N-dealkylation sites (tertiary alicyclic amines) is 1. The monoisotopic (exact) mass is 344 g/mol. The summed E-state index contributed by atoms with van der Waals surface area (Å²) in [6.07, 6.45) is 7.00. The van der Waals surface area contributed by atoms with Crippen molar-refractivity contribution < 1.29 is 9.90 Å². The van der Waals surface area contributed by atoms with Gasteiger partial charge in [0.2, 0.25) is 5.95 Å². The fourth-order valence-electron chi connectivity index (χ4n) is 5.07. The second-order valence-electron chi connectivity index (χ2n) is 8.00. The highest BCUT2D eigenvalue weighted by molar-refractivity contribution is 5.76. The lowest BCUT2D eigenvalue weighted by atomic mass is 9.68. The van der Waals surface area contributed by atoms with Crippen LogP contribution in [0.1, 0.15) is 49.1 Å². The number of hydrogen-bond acceptors (Lipinski definition) is 5. The van der Waals surface area contributed by atoms with Crippen LogP contribution < -0.4 is 4.90 Å². The minimum Gasteiger partial charge on any atom is -0.481 e. The summed E-state index contributed by atoms with van der Waals surface area (Å²) in [6.45, 7) is 4.50. The number of carboxylic acid groups (broad SMARTS) is 1. The third kappa shape index (κ3) is 2.71. The van der Waals surface area contributed by atoms with Crippen molar-refractivity contribution in [2.24, 2.45) is 5.41 Å². The lowest BCUT2D eigenvalue weighted by molar-refractivity contribution is -0.158. The molecule has 0 radical (unpaired) electrons. The average molecular weight is 344 g/mol. The zero-order chi connectivity index (χ0) is 17.6. The molecule has 0 bridgehead atoms. The molecule has 6 heteroatoms. The molecule has 0 unspecified atom stereocenters. The Hall–Kier alpha value is -1.69. The van der Waals surface area contributed by atoms with Gasteiger partial charge in [-0.1, -0.05) is 0 Å². The molecule has 2 aliphatic heterocycles. The normalized spacial score (nSPS) is 29.8. The van der Waals surface area contributed by atoms with Gasteiger partial charge in [0.05, 0.1) is 5.41 Å². The van der Waals surface area contributed by atoms with E-state index in [1.807, 2.05) is 0 Å². The van der Waals surface area contributed by atoms with Crippen LogP contribution in [0.4, 0.5) is 5.95 Å². The molecule has 3 heterocycles. The summed E-state index contributed by atoms with van der Waals surface area (Å²) >= 11 is 0. The second kappa shape index (κ2) is 6.24. The zero-order valence-corrected chi connectivity index (χ0v) is 15.3. The number of fused-ring (bicyclic) bond motifs is 2. The van der Waals surface area contributed by atoms with Gasteiger partial charge in [0.15, 0.2) is 0 Å². The van der Waals surface area contributed by atoms with E-state index in [4.69, 9.17) is 9.97 Å². The van der Waals surface area contributed by atoms with Crippen LogP contribution >= 0.6 is 0 Å². The highest BCUT2D eigenvalue weighted by atomic mass is 16.4. The van der Waals surface area contributed by atoms with Gasteiger partial charge in [0.1, 0.15) is 0 Å². The third-order valence-electron chi connectivity index (χ3n) is 6.61. The molecular weight excluding hydrogens is 316 g/mol. The number of carboxylic acids is 1. The standard InChI is InChI=1S/C19H28N4O2/c1-13-14-6-3-4-7-15(14)21-18(20-13)23-11-9-19(17(24)25)8-5-10-22(2)16(19)12-23/h16H,3-12H2,1-2H3,(H,24,25)/t16-,19+/m1/s1. The maximum Gasteiger partial charge on any atom is 0.311 e. The van der Waals surface area contributed by atoms with Crippen molar-refractivity contribution in [3.05, 3.63) is 17.0 Å². The van der Waals surface area contributed by atoms with Crippen LogP contribution in [0.2, 0.25) is 0 Å². The van der Waals surface area contributed by atoms with Gasteiger partial charge >= 0.3 is 5.97 Å². The Morgan fingerprint density at radius 1 is 1.16 bits per heavy atom. The number of hydrogen-bond donors (Lipinski definition) is 1. The summed E-state index contributed by atoms with van der Waals surface area (Å²) < 4.78 is 0. The van der Waals surface area contributed by atoms with E-state index in [0.29, 0.717) is 13.0 Å². The maximum atomic E-state index is 12.1. The number of aliphatic carboxylic acids is 1. The van der Waals surface area contributed by atoms with Crippen molar-refractivity contribution in [1.82, 2.24) is 14.9 Å². The maximum absolute atomic E-state index is 12.1. The van der Waals surface area contributed by atoms with Crippen molar-refractivity contribution in [2.75, 3.05) is 31.6 Å². The first kappa shape index (κ1) is 16.8. The topological polar surface area (TPSA) is 69.6 Å². The summed E-state index contributed by atoms with van der Waals surface area (Å²) in [5, 5.41) is 9.92. The van der Waals surface area contributed by atoms with Gasteiger partial charge in [-0.15, -0.1) is 0 Å². The molecular formula is C19H28N4O2. The number of rotatable bonds is 2. The lowest BCUT2D eigenvalue weighted by Crippen LogP contribution is -2.63.